The largest absolute Gasteiger partial charge is 0.423 e. The van der Waals surface area contributed by atoms with Gasteiger partial charge in [0, 0.05) is 16.2 Å². The van der Waals surface area contributed by atoms with Gasteiger partial charge in [0.2, 0.25) is 0 Å². The van der Waals surface area contributed by atoms with E-state index in [0.29, 0.717) is 6.01 Å². The van der Waals surface area contributed by atoms with Crippen LogP contribution in [0, 0.1) is 0 Å². The first kappa shape index (κ1) is 19.0. The van der Waals surface area contributed by atoms with E-state index in [-0.39, 0.29) is 5.41 Å². The number of para-hydroxylation sites is 3. The normalized spacial score (nSPS) is 14.2. The fourth-order valence-corrected chi connectivity index (χ4v) is 6.27. The SMILES string of the molecule is CC1(C)c2ccc3ccccc3c2-c2ccc3c4ccccc4n(-c4nc5ccccc5o4)c3c21. The van der Waals surface area contributed by atoms with Crippen LogP contribution in [-0.2, 0) is 5.41 Å². The monoisotopic (exact) mass is 450 g/mol. The van der Waals surface area contributed by atoms with Gasteiger partial charge in [-0.2, -0.15) is 4.98 Å². The van der Waals surface area contributed by atoms with Crippen LogP contribution >= 0.6 is 0 Å². The van der Waals surface area contributed by atoms with Crippen LogP contribution in [0.3, 0.4) is 0 Å². The van der Waals surface area contributed by atoms with Gasteiger partial charge in [0.25, 0.3) is 0 Å². The molecule has 0 unspecified atom stereocenters. The van der Waals surface area contributed by atoms with E-state index in [4.69, 9.17) is 9.40 Å². The van der Waals surface area contributed by atoms with Crippen molar-refractivity contribution in [1.82, 2.24) is 9.55 Å². The number of aromatic nitrogens is 2. The standard InChI is InChI=1S/C32H22N2O/c1-32(2)24-18-15-19-9-3-4-10-20(19)28(24)23-17-16-22-21-11-5-7-13-26(21)34(30(22)29(23)32)31-33-25-12-6-8-14-27(25)35-31/h3-18H,1-2H3. The van der Waals surface area contributed by atoms with Crippen molar-refractivity contribution in [2.45, 2.75) is 19.3 Å². The molecular weight excluding hydrogens is 428 g/mol. The molecule has 1 aliphatic rings. The molecule has 166 valence electrons. The quantitative estimate of drug-likeness (QED) is 0.251. The molecule has 0 amide bonds. The number of fused-ring (bicyclic) bond motifs is 10. The zero-order valence-corrected chi connectivity index (χ0v) is 19.5. The lowest BCUT2D eigenvalue weighted by Crippen LogP contribution is -2.16. The van der Waals surface area contributed by atoms with E-state index < -0.39 is 0 Å². The van der Waals surface area contributed by atoms with Crippen LogP contribution in [-0.4, -0.2) is 9.55 Å². The second-order valence-corrected chi connectivity index (χ2v) is 10.0. The highest BCUT2D eigenvalue weighted by Crippen LogP contribution is 2.54. The van der Waals surface area contributed by atoms with Crippen molar-refractivity contribution >= 4 is 43.7 Å². The summed E-state index contributed by atoms with van der Waals surface area (Å²) in [6, 6.07) is 35.1. The Hall–Kier alpha value is -4.37. The van der Waals surface area contributed by atoms with Crippen LogP contribution in [0.1, 0.15) is 25.0 Å². The molecule has 2 aromatic heterocycles. The molecule has 1 aliphatic carbocycles. The highest BCUT2D eigenvalue weighted by atomic mass is 16.4. The fraction of sp³-hybridized carbons (Fsp3) is 0.0938. The van der Waals surface area contributed by atoms with E-state index in [1.165, 1.54) is 49.3 Å². The molecule has 2 heterocycles. The number of benzene rings is 5. The molecule has 7 aromatic rings. The van der Waals surface area contributed by atoms with Gasteiger partial charge < -0.3 is 4.42 Å². The lowest BCUT2D eigenvalue weighted by Gasteiger charge is -2.23. The highest BCUT2D eigenvalue weighted by molar-refractivity contribution is 6.14. The van der Waals surface area contributed by atoms with Crippen molar-refractivity contribution in [3.8, 4) is 17.1 Å². The maximum Gasteiger partial charge on any atom is 0.307 e. The lowest BCUT2D eigenvalue weighted by atomic mass is 9.81. The topological polar surface area (TPSA) is 31.0 Å². The van der Waals surface area contributed by atoms with E-state index in [0.717, 1.165) is 16.6 Å². The minimum atomic E-state index is -0.174. The van der Waals surface area contributed by atoms with Crippen LogP contribution in [0.15, 0.2) is 101 Å². The predicted molar refractivity (Wildman–Crippen MR) is 143 cm³/mol. The Morgan fingerprint density at radius 3 is 2.37 bits per heavy atom. The Balaban J connectivity index is 1.58. The molecule has 0 bridgehead atoms. The first-order valence-electron chi connectivity index (χ1n) is 12.1. The summed E-state index contributed by atoms with van der Waals surface area (Å²) in [5.41, 5.74) is 9.14. The molecule has 0 N–H and O–H groups in total. The van der Waals surface area contributed by atoms with Gasteiger partial charge in [0.1, 0.15) is 5.52 Å². The van der Waals surface area contributed by atoms with Gasteiger partial charge in [-0.05, 0) is 51.2 Å². The lowest BCUT2D eigenvalue weighted by molar-refractivity contribution is 0.572. The van der Waals surface area contributed by atoms with E-state index >= 15 is 0 Å². The minimum absolute atomic E-state index is 0.174. The van der Waals surface area contributed by atoms with Crippen LogP contribution in [0.2, 0.25) is 0 Å². The molecule has 0 aliphatic heterocycles. The van der Waals surface area contributed by atoms with E-state index in [9.17, 15) is 0 Å². The number of rotatable bonds is 1. The van der Waals surface area contributed by atoms with Gasteiger partial charge in [0.05, 0.1) is 11.0 Å². The maximum atomic E-state index is 6.36. The number of hydrogen-bond donors (Lipinski definition) is 0. The molecule has 0 atom stereocenters. The zero-order valence-electron chi connectivity index (χ0n) is 19.5. The summed E-state index contributed by atoms with van der Waals surface area (Å²) >= 11 is 0. The summed E-state index contributed by atoms with van der Waals surface area (Å²) in [5.74, 6) is 0. The molecule has 5 aromatic carbocycles. The van der Waals surface area contributed by atoms with Crippen molar-refractivity contribution in [3.05, 3.63) is 108 Å². The molecular formula is C32H22N2O. The number of hydrogen-bond acceptors (Lipinski definition) is 2. The third kappa shape index (κ3) is 2.33. The zero-order chi connectivity index (χ0) is 23.3. The summed E-state index contributed by atoms with van der Waals surface area (Å²) in [5, 5.41) is 5.02. The highest BCUT2D eigenvalue weighted by Gasteiger charge is 2.39. The van der Waals surface area contributed by atoms with Gasteiger partial charge in [0.15, 0.2) is 5.58 Å². The third-order valence-corrected chi connectivity index (χ3v) is 7.81. The van der Waals surface area contributed by atoms with Crippen LogP contribution in [0.5, 0.6) is 0 Å². The molecule has 3 heteroatoms. The summed E-state index contributed by atoms with van der Waals surface area (Å²) < 4.78 is 8.59. The van der Waals surface area contributed by atoms with Crippen molar-refractivity contribution < 1.29 is 4.42 Å². The number of oxazole rings is 1. The Labute approximate surface area is 202 Å². The predicted octanol–water partition coefficient (Wildman–Crippen LogP) is 8.38. The molecule has 8 rings (SSSR count). The van der Waals surface area contributed by atoms with Crippen molar-refractivity contribution in [2.24, 2.45) is 0 Å². The number of nitrogens with zero attached hydrogens (tertiary/aromatic N) is 2. The summed E-state index contributed by atoms with van der Waals surface area (Å²) in [7, 11) is 0. The average Bonchev–Trinajstić information content (AvgIpc) is 3.52. The first-order chi connectivity index (χ1) is 17.1. The van der Waals surface area contributed by atoms with Crippen LogP contribution in [0.4, 0.5) is 0 Å². The molecule has 0 saturated heterocycles. The molecule has 3 nitrogen and oxygen atoms in total. The molecule has 0 radical (unpaired) electrons. The fourth-order valence-electron chi connectivity index (χ4n) is 6.27. The Morgan fingerprint density at radius 1 is 0.714 bits per heavy atom. The van der Waals surface area contributed by atoms with E-state index in [2.05, 4.69) is 91.2 Å². The summed E-state index contributed by atoms with van der Waals surface area (Å²) in [6.07, 6.45) is 0. The van der Waals surface area contributed by atoms with Crippen LogP contribution in [0.25, 0.3) is 60.8 Å². The van der Waals surface area contributed by atoms with Gasteiger partial charge in [-0.3, -0.25) is 4.57 Å². The average molecular weight is 451 g/mol. The van der Waals surface area contributed by atoms with E-state index in [1.54, 1.807) is 0 Å². The van der Waals surface area contributed by atoms with Gasteiger partial charge >= 0.3 is 6.01 Å². The van der Waals surface area contributed by atoms with Crippen LogP contribution < -0.4 is 0 Å². The molecule has 35 heavy (non-hydrogen) atoms. The Morgan fingerprint density at radius 2 is 1.49 bits per heavy atom. The van der Waals surface area contributed by atoms with Gasteiger partial charge in [-0.25, -0.2) is 0 Å². The third-order valence-electron chi connectivity index (χ3n) is 7.81. The van der Waals surface area contributed by atoms with Crippen molar-refractivity contribution in [3.63, 3.8) is 0 Å². The van der Waals surface area contributed by atoms with Gasteiger partial charge in [-0.15, -0.1) is 0 Å². The Bertz CT molecular complexity index is 1950. The minimum Gasteiger partial charge on any atom is -0.423 e. The summed E-state index contributed by atoms with van der Waals surface area (Å²) in [6.45, 7) is 4.69. The van der Waals surface area contributed by atoms with E-state index in [1.807, 2.05) is 24.3 Å². The second-order valence-electron chi connectivity index (χ2n) is 10.0. The maximum absolute atomic E-state index is 6.36. The molecule has 0 fully saturated rings. The smallest absolute Gasteiger partial charge is 0.307 e. The van der Waals surface area contributed by atoms with Gasteiger partial charge in [-0.1, -0.05) is 92.7 Å². The summed E-state index contributed by atoms with van der Waals surface area (Å²) in [4.78, 5) is 4.92. The van der Waals surface area contributed by atoms with Crippen molar-refractivity contribution in [1.29, 1.82) is 0 Å². The second kappa shape index (κ2) is 6.39. The first-order valence-corrected chi connectivity index (χ1v) is 12.1. The molecule has 0 saturated carbocycles. The Kier molecular flexibility index (Phi) is 3.47. The van der Waals surface area contributed by atoms with Crippen molar-refractivity contribution in [2.75, 3.05) is 0 Å². The molecule has 0 spiro atoms.